The molecule has 6 rings (SSSR count). The first kappa shape index (κ1) is 24.1. The molecule has 4 nitrogen and oxygen atoms in total. The standard InChI is InChI=1S/C23H13N2Se.C5H8O2.Ir/c1-2-7-15(8-3-1)25-17-10-5-4-9-16(17)23-22-20(13-14-24-23)26-19-12-6-11-18(25)21(19)22;1-4(6)3-5(2)7;/h1-8,10-14H;3,6H,1-2H3;/q-1;;/b;4-3-;. The summed E-state index contributed by atoms with van der Waals surface area (Å²) in [7, 11) is 0. The minimum absolute atomic E-state index is 0. The van der Waals surface area contributed by atoms with E-state index in [2.05, 4.69) is 77.4 Å². The number of nitrogens with zero attached hydrogens (tertiary/aromatic N) is 2. The van der Waals surface area contributed by atoms with E-state index in [1.807, 2.05) is 12.3 Å². The number of aliphatic hydroxyl groups is 1. The zero-order chi connectivity index (χ0) is 22.9. The van der Waals surface area contributed by atoms with Gasteiger partial charge in [-0.3, -0.25) is 4.79 Å². The molecule has 1 radical (unpaired) electrons. The molecule has 171 valence electrons. The van der Waals surface area contributed by atoms with Crippen LogP contribution >= 0.6 is 0 Å². The van der Waals surface area contributed by atoms with Crippen molar-refractivity contribution in [2.45, 2.75) is 13.8 Å². The van der Waals surface area contributed by atoms with E-state index < -0.39 is 0 Å². The summed E-state index contributed by atoms with van der Waals surface area (Å²) in [5.41, 5.74) is 4.59. The Morgan fingerprint density at radius 2 is 1.68 bits per heavy atom. The van der Waals surface area contributed by atoms with Crippen LogP contribution in [-0.4, -0.2) is 34.9 Å². The molecule has 0 spiro atoms. The van der Waals surface area contributed by atoms with Gasteiger partial charge >= 0.3 is 156 Å². The molecule has 0 unspecified atom stereocenters. The Morgan fingerprint density at radius 1 is 0.941 bits per heavy atom. The number of rotatable bonds is 2. The fourth-order valence-corrected chi connectivity index (χ4v) is 6.56. The number of ketones is 1. The summed E-state index contributed by atoms with van der Waals surface area (Å²) < 4.78 is 5.22. The molecule has 0 saturated heterocycles. The van der Waals surface area contributed by atoms with Crippen molar-refractivity contribution in [2.24, 2.45) is 0 Å². The molecule has 0 aliphatic carbocycles. The van der Waals surface area contributed by atoms with E-state index in [0.717, 1.165) is 22.1 Å². The second kappa shape index (κ2) is 10.1. The fourth-order valence-electron chi connectivity index (χ4n) is 4.20. The van der Waals surface area contributed by atoms with Gasteiger partial charge in [-0.05, 0) is 13.8 Å². The quantitative estimate of drug-likeness (QED) is 0.0996. The van der Waals surface area contributed by atoms with Gasteiger partial charge in [0.15, 0.2) is 5.78 Å². The molecule has 1 N–H and O–H groups in total. The molecule has 0 fully saturated rings. The van der Waals surface area contributed by atoms with Crippen LogP contribution in [0.1, 0.15) is 13.8 Å². The zero-order valence-corrected chi connectivity index (χ0v) is 22.7. The van der Waals surface area contributed by atoms with Gasteiger partial charge < -0.3 is 5.11 Å². The number of carbonyl (C=O) groups excluding carboxylic acids is 1. The van der Waals surface area contributed by atoms with E-state index in [0.29, 0.717) is 14.5 Å². The average molecular weight is 689 g/mol. The van der Waals surface area contributed by atoms with Gasteiger partial charge in [-0.15, -0.1) is 0 Å². The first-order valence-electron chi connectivity index (χ1n) is 10.6. The predicted molar refractivity (Wildman–Crippen MR) is 136 cm³/mol. The Morgan fingerprint density at radius 3 is 2.38 bits per heavy atom. The first-order chi connectivity index (χ1) is 16.0. The van der Waals surface area contributed by atoms with Gasteiger partial charge in [0, 0.05) is 26.2 Å². The van der Waals surface area contributed by atoms with Gasteiger partial charge in [0.25, 0.3) is 0 Å². The number of hydrogen-bond donors (Lipinski definition) is 1. The van der Waals surface area contributed by atoms with Gasteiger partial charge in [0.1, 0.15) is 0 Å². The predicted octanol–water partition coefficient (Wildman–Crippen LogP) is 6.38. The third-order valence-electron chi connectivity index (χ3n) is 5.37. The summed E-state index contributed by atoms with van der Waals surface area (Å²) in [6.07, 6.45) is 3.12. The Hall–Kier alpha value is -3.01. The van der Waals surface area contributed by atoms with E-state index in [-0.39, 0.29) is 31.6 Å². The number of benzene rings is 3. The van der Waals surface area contributed by atoms with Crippen LogP contribution in [0.2, 0.25) is 0 Å². The molecule has 3 heterocycles. The van der Waals surface area contributed by atoms with Gasteiger partial charge in [-0.25, -0.2) is 0 Å². The Labute approximate surface area is 216 Å². The topological polar surface area (TPSA) is 55.1 Å². The van der Waals surface area contributed by atoms with Crippen LogP contribution in [0, 0.1) is 6.07 Å². The van der Waals surface area contributed by atoms with Gasteiger partial charge in [0.05, 0.1) is 5.76 Å². The van der Waals surface area contributed by atoms with E-state index in [4.69, 9.17) is 10.1 Å². The number of aromatic nitrogens is 2. The number of pyridine rings is 1. The Kier molecular flexibility index (Phi) is 7.16. The van der Waals surface area contributed by atoms with Crippen molar-refractivity contribution in [3.8, 4) is 5.69 Å². The van der Waals surface area contributed by atoms with Crippen molar-refractivity contribution >= 4 is 61.5 Å². The van der Waals surface area contributed by atoms with Crippen molar-refractivity contribution in [3.05, 3.63) is 96.9 Å². The number of aliphatic hydroxyl groups excluding tert-OH is 1. The van der Waals surface area contributed by atoms with Crippen molar-refractivity contribution < 1.29 is 30.0 Å². The zero-order valence-electron chi connectivity index (χ0n) is 18.6. The molecule has 0 bridgehead atoms. The molecule has 0 atom stereocenters. The first-order valence-corrected chi connectivity index (χ1v) is 12.3. The summed E-state index contributed by atoms with van der Waals surface area (Å²) in [6.45, 7) is 2.85. The van der Waals surface area contributed by atoms with Crippen molar-refractivity contribution in [1.82, 2.24) is 9.55 Å². The molecule has 34 heavy (non-hydrogen) atoms. The molecule has 6 aromatic rings. The number of fused-ring (bicyclic) bond motifs is 2. The van der Waals surface area contributed by atoms with E-state index in [1.54, 1.807) is 0 Å². The van der Waals surface area contributed by atoms with Crippen LogP contribution in [-0.2, 0) is 24.9 Å². The van der Waals surface area contributed by atoms with Crippen molar-refractivity contribution in [3.63, 3.8) is 0 Å². The molecule has 0 aliphatic rings. The van der Waals surface area contributed by atoms with Crippen LogP contribution in [0.15, 0.2) is 90.8 Å². The number of carbonyl (C=O) groups is 1. The fraction of sp³-hybridized carbons (Fsp3) is 0.0714. The molecule has 3 aromatic carbocycles. The van der Waals surface area contributed by atoms with Gasteiger partial charge in [0.2, 0.25) is 0 Å². The third kappa shape index (κ3) is 4.38. The summed E-state index contributed by atoms with van der Waals surface area (Å²) in [6, 6.07) is 29.1. The monoisotopic (exact) mass is 690 g/mol. The van der Waals surface area contributed by atoms with Crippen molar-refractivity contribution in [2.75, 3.05) is 0 Å². The molecular formula is C28H21IrN2O2Se-. The average Bonchev–Trinajstić information content (AvgIpc) is 3.13. The van der Waals surface area contributed by atoms with E-state index in [1.165, 1.54) is 44.7 Å². The minimum atomic E-state index is -0.125. The van der Waals surface area contributed by atoms with Crippen LogP contribution in [0.25, 0.3) is 46.9 Å². The van der Waals surface area contributed by atoms with Crippen LogP contribution < -0.4 is 0 Å². The molecule has 0 amide bonds. The van der Waals surface area contributed by atoms with Crippen LogP contribution in [0.4, 0.5) is 0 Å². The molecule has 0 saturated carbocycles. The van der Waals surface area contributed by atoms with Gasteiger partial charge in [-0.1, -0.05) is 0 Å². The molecule has 3 aromatic heterocycles. The molecular weight excluding hydrogens is 667 g/mol. The number of hydrogen-bond acceptors (Lipinski definition) is 3. The molecule has 0 aliphatic heterocycles. The number of para-hydroxylation sites is 1. The second-order valence-electron chi connectivity index (χ2n) is 7.78. The van der Waals surface area contributed by atoms with Crippen LogP contribution in [0.5, 0.6) is 0 Å². The van der Waals surface area contributed by atoms with E-state index in [9.17, 15) is 4.79 Å². The second-order valence-corrected chi connectivity index (χ2v) is 10.1. The van der Waals surface area contributed by atoms with Crippen LogP contribution in [0.3, 0.4) is 0 Å². The summed E-state index contributed by atoms with van der Waals surface area (Å²) in [4.78, 5) is 14.8. The maximum absolute atomic E-state index is 10.0. The normalized spacial score (nSPS) is 11.4. The van der Waals surface area contributed by atoms with E-state index >= 15 is 0 Å². The maximum atomic E-state index is 10.0. The summed E-state index contributed by atoms with van der Waals surface area (Å²) in [5, 5.41) is 12.1. The Balaban J connectivity index is 0.000000303. The van der Waals surface area contributed by atoms with Crippen molar-refractivity contribution in [1.29, 1.82) is 0 Å². The summed E-state index contributed by atoms with van der Waals surface area (Å²) >= 11 is 0.326. The Bertz CT molecular complexity index is 1660. The summed E-state index contributed by atoms with van der Waals surface area (Å²) in [5.74, 6) is -0.0625. The SMILES string of the molecule is CC(=O)/C=C(/C)O.[Ir].[c-]1cccc2c1c1nccc3[se]c4cccc(c4c31)n2-c1ccccc1. The third-order valence-corrected chi connectivity index (χ3v) is 7.72. The number of allylic oxidation sites excluding steroid dienone is 2. The molecule has 6 heteroatoms. The van der Waals surface area contributed by atoms with Gasteiger partial charge in [-0.2, -0.15) is 0 Å².